The van der Waals surface area contributed by atoms with Crippen LogP contribution in [0, 0.1) is 11.8 Å². The van der Waals surface area contributed by atoms with Gasteiger partial charge in [-0.2, -0.15) is 0 Å². The van der Waals surface area contributed by atoms with Crippen molar-refractivity contribution in [3.8, 4) is 17.6 Å². The molecule has 0 unspecified atom stereocenters. The molecule has 0 saturated heterocycles. The summed E-state index contributed by atoms with van der Waals surface area (Å²) in [4.78, 5) is 23.8. The Balaban J connectivity index is 1.47. The first-order valence-electron chi connectivity index (χ1n) is 7.82. The third-order valence-electron chi connectivity index (χ3n) is 3.48. The molecule has 0 aliphatic rings. The van der Waals surface area contributed by atoms with Crippen molar-refractivity contribution in [2.24, 2.45) is 0 Å². The number of amides is 1. The standard InChI is InChI=1S/C19H15BrN2O4/c20-14-6-5-7-15(12-14)25-11-4-3-10-21-18(23)13-22-16-8-1-2-9-17(16)26-19(22)24/h1-2,5-9,12H,10-11,13H2,(H,21,23). The van der Waals surface area contributed by atoms with E-state index in [2.05, 4.69) is 33.1 Å². The molecule has 3 rings (SSSR count). The molecule has 26 heavy (non-hydrogen) atoms. The van der Waals surface area contributed by atoms with E-state index in [1.165, 1.54) is 4.57 Å². The minimum atomic E-state index is -0.560. The summed E-state index contributed by atoms with van der Waals surface area (Å²) >= 11 is 3.36. The number of carbonyl (C=O) groups excluding carboxylic acids is 1. The molecule has 2 aromatic carbocycles. The second-order valence-corrected chi connectivity index (χ2v) is 6.21. The van der Waals surface area contributed by atoms with Crippen LogP contribution in [0.5, 0.6) is 5.75 Å². The van der Waals surface area contributed by atoms with Crippen LogP contribution in [0.1, 0.15) is 0 Å². The van der Waals surface area contributed by atoms with Gasteiger partial charge in [-0.25, -0.2) is 4.79 Å². The van der Waals surface area contributed by atoms with Crippen LogP contribution in [-0.2, 0) is 11.3 Å². The molecule has 0 radical (unpaired) electrons. The van der Waals surface area contributed by atoms with Crippen LogP contribution in [0.3, 0.4) is 0 Å². The molecule has 1 aromatic heterocycles. The molecule has 1 heterocycles. The number of hydrogen-bond acceptors (Lipinski definition) is 4. The van der Waals surface area contributed by atoms with Crippen LogP contribution >= 0.6 is 15.9 Å². The van der Waals surface area contributed by atoms with Crippen molar-refractivity contribution >= 4 is 32.9 Å². The molecule has 0 atom stereocenters. The highest BCUT2D eigenvalue weighted by molar-refractivity contribution is 9.10. The van der Waals surface area contributed by atoms with Crippen molar-refractivity contribution in [2.45, 2.75) is 6.54 Å². The molecule has 0 aliphatic heterocycles. The first-order chi connectivity index (χ1) is 12.6. The van der Waals surface area contributed by atoms with Crippen molar-refractivity contribution in [1.29, 1.82) is 0 Å². The van der Waals surface area contributed by atoms with E-state index in [9.17, 15) is 9.59 Å². The van der Waals surface area contributed by atoms with Crippen molar-refractivity contribution < 1.29 is 13.9 Å². The molecule has 1 amide bonds. The lowest BCUT2D eigenvalue weighted by atomic mass is 10.3. The Morgan fingerprint density at radius 1 is 1.19 bits per heavy atom. The van der Waals surface area contributed by atoms with Crippen molar-refractivity contribution in [3.63, 3.8) is 0 Å². The fourth-order valence-corrected chi connectivity index (χ4v) is 2.67. The Morgan fingerprint density at radius 2 is 2.04 bits per heavy atom. The quantitative estimate of drug-likeness (QED) is 0.651. The normalized spacial score (nSPS) is 10.2. The zero-order valence-corrected chi connectivity index (χ0v) is 15.3. The van der Waals surface area contributed by atoms with E-state index in [-0.39, 0.29) is 25.6 Å². The first kappa shape index (κ1) is 17.8. The maximum absolute atomic E-state index is 12.0. The molecule has 132 valence electrons. The Hall–Kier alpha value is -2.98. The summed E-state index contributed by atoms with van der Waals surface area (Å²) in [7, 11) is 0. The number of carbonyl (C=O) groups is 1. The number of para-hydroxylation sites is 2. The predicted octanol–water partition coefficient (Wildman–Crippen LogP) is 2.56. The molecule has 0 fully saturated rings. The van der Waals surface area contributed by atoms with Gasteiger partial charge in [0.15, 0.2) is 5.58 Å². The fraction of sp³-hybridized carbons (Fsp3) is 0.158. The number of rotatable bonds is 5. The molecule has 1 N–H and O–H groups in total. The molecule has 0 bridgehead atoms. The molecule has 0 spiro atoms. The van der Waals surface area contributed by atoms with Gasteiger partial charge >= 0.3 is 5.76 Å². The number of oxazole rings is 1. The lowest BCUT2D eigenvalue weighted by Crippen LogP contribution is -2.31. The van der Waals surface area contributed by atoms with Crippen LogP contribution in [0.25, 0.3) is 11.1 Å². The summed E-state index contributed by atoms with van der Waals surface area (Å²) in [5, 5.41) is 2.64. The van der Waals surface area contributed by atoms with E-state index in [1.54, 1.807) is 24.3 Å². The topological polar surface area (TPSA) is 73.5 Å². The lowest BCUT2D eigenvalue weighted by molar-refractivity contribution is -0.121. The van der Waals surface area contributed by atoms with Gasteiger partial charge in [0.1, 0.15) is 18.9 Å². The lowest BCUT2D eigenvalue weighted by Gasteiger charge is -2.03. The third-order valence-corrected chi connectivity index (χ3v) is 3.97. The van der Waals surface area contributed by atoms with Gasteiger partial charge in [-0.1, -0.05) is 46.0 Å². The Labute approximate surface area is 157 Å². The van der Waals surface area contributed by atoms with Gasteiger partial charge < -0.3 is 14.5 Å². The van der Waals surface area contributed by atoms with Crippen molar-refractivity contribution in [1.82, 2.24) is 9.88 Å². The number of nitrogens with one attached hydrogen (secondary N) is 1. The first-order valence-corrected chi connectivity index (χ1v) is 8.62. The van der Waals surface area contributed by atoms with Gasteiger partial charge in [0, 0.05) is 4.47 Å². The van der Waals surface area contributed by atoms with Crippen molar-refractivity contribution in [2.75, 3.05) is 13.2 Å². The highest BCUT2D eigenvalue weighted by Gasteiger charge is 2.11. The van der Waals surface area contributed by atoms with Crippen LogP contribution in [-0.4, -0.2) is 23.6 Å². The molecule has 0 aliphatic carbocycles. The summed E-state index contributed by atoms with van der Waals surface area (Å²) in [5.74, 6) is 5.46. The molecule has 6 nitrogen and oxygen atoms in total. The minimum Gasteiger partial charge on any atom is -0.481 e. The number of fused-ring (bicyclic) bond motifs is 1. The van der Waals surface area contributed by atoms with Gasteiger partial charge in [-0.3, -0.25) is 9.36 Å². The average Bonchev–Trinajstić information content (AvgIpc) is 2.94. The van der Waals surface area contributed by atoms with Gasteiger partial charge in [0.2, 0.25) is 5.91 Å². The van der Waals surface area contributed by atoms with Gasteiger partial charge in [-0.15, -0.1) is 0 Å². The summed E-state index contributed by atoms with van der Waals surface area (Å²) in [6.07, 6.45) is 0. The largest absolute Gasteiger partial charge is 0.481 e. The molecule has 0 saturated carbocycles. The smallest absolute Gasteiger partial charge is 0.420 e. The van der Waals surface area contributed by atoms with E-state index in [0.717, 1.165) is 4.47 Å². The number of benzene rings is 2. The maximum atomic E-state index is 12.0. The van der Waals surface area contributed by atoms with E-state index in [4.69, 9.17) is 9.15 Å². The van der Waals surface area contributed by atoms with Crippen LogP contribution in [0.2, 0.25) is 0 Å². The fourth-order valence-electron chi connectivity index (χ4n) is 2.30. The highest BCUT2D eigenvalue weighted by Crippen LogP contribution is 2.17. The molecular formula is C19H15BrN2O4. The highest BCUT2D eigenvalue weighted by atomic mass is 79.9. The average molecular weight is 415 g/mol. The number of hydrogen-bond donors (Lipinski definition) is 1. The zero-order valence-electron chi connectivity index (χ0n) is 13.7. The monoisotopic (exact) mass is 414 g/mol. The van der Waals surface area contributed by atoms with E-state index in [1.807, 2.05) is 24.3 Å². The zero-order chi connectivity index (χ0) is 18.4. The summed E-state index contributed by atoms with van der Waals surface area (Å²) < 4.78 is 12.8. The molecule has 7 heteroatoms. The number of halogens is 1. The van der Waals surface area contributed by atoms with Crippen LogP contribution in [0.15, 0.2) is 62.2 Å². The van der Waals surface area contributed by atoms with Crippen LogP contribution < -0.4 is 15.8 Å². The van der Waals surface area contributed by atoms with Gasteiger partial charge in [-0.05, 0) is 30.3 Å². The third kappa shape index (κ3) is 4.55. The van der Waals surface area contributed by atoms with E-state index >= 15 is 0 Å². The Kier molecular flexibility index (Phi) is 5.77. The summed E-state index contributed by atoms with van der Waals surface area (Å²) in [5.41, 5.74) is 1.04. The molecular weight excluding hydrogens is 400 g/mol. The SMILES string of the molecule is O=C(Cn1c(=O)oc2ccccc21)NCC#CCOc1cccc(Br)c1. The van der Waals surface area contributed by atoms with Gasteiger partial charge in [0.25, 0.3) is 0 Å². The summed E-state index contributed by atoms with van der Waals surface area (Å²) in [6, 6.07) is 14.4. The predicted molar refractivity (Wildman–Crippen MR) is 101 cm³/mol. The van der Waals surface area contributed by atoms with Crippen LogP contribution in [0.4, 0.5) is 0 Å². The number of aromatic nitrogens is 1. The van der Waals surface area contributed by atoms with E-state index in [0.29, 0.717) is 16.8 Å². The Morgan fingerprint density at radius 3 is 2.88 bits per heavy atom. The number of ether oxygens (including phenoxy) is 1. The second-order valence-electron chi connectivity index (χ2n) is 5.30. The van der Waals surface area contributed by atoms with E-state index < -0.39 is 5.76 Å². The maximum Gasteiger partial charge on any atom is 0.420 e. The molecule has 3 aromatic rings. The number of nitrogens with zero attached hydrogens (tertiary/aromatic N) is 1. The second kappa shape index (κ2) is 8.41. The minimum absolute atomic E-state index is 0.119. The van der Waals surface area contributed by atoms with Gasteiger partial charge in [0.05, 0.1) is 12.1 Å². The Bertz CT molecular complexity index is 1040. The summed E-state index contributed by atoms with van der Waals surface area (Å²) in [6.45, 7) is 0.273. The van der Waals surface area contributed by atoms with Crippen molar-refractivity contribution in [3.05, 3.63) is 63.6 Å².